The number of halogens is 2. The number of anilines is 1. The molecule has 0 bridgehead atoms. The van der Waals surface area contributed by atoms with Crippen LogP contribution in [0.4, 0.5) is 14.6 Å². The lowest BCUT2D eigenvalue weighted by molar-refractivity contribution is 0.0682. The molecule has 0 saturated carbocycles. The van der Waals surface area contributed by atoms with Crippen LogP contribution in [0.15, 0.2) is 30.6 Å². The van der Waals surface area contributed by atoms with Gasteiger partial charge in [0.1, 0.15) is 17.5 Å². The van der Waals surface area contributed by atoms with E-state index >= 15 is 0 Å². The monoisotopic (exact) mass is 345 g/mol. The van der Waals surface area contributed by atoms with Gasteiger partial charge >= 0.3 is 5.97 Å². The van der Waals surface area contributed by atoms with Crippen LogP contribution in [-0.4, -0.2) is 37.2 Å². The van der Waals surface area contributed by atoms with Crippen molar-refractivity contribution in [2.75, 3.05) is 11.4 Å². The first-order valence-electron chi connectivity index (χ1n) is 7.70. The smallest absolute Gasteiger partial charge is 0.374 e. The lowest BCUT2D eigenvalue weighted by Gasteiger charge is -2.26. The zero-order valence-corrected chi connectivity index (χ0v) is 12.9. The maximum atomic E-state index is 14.2. The van der Waals surface area contributed by atoms with E-state index in [4.69, 9.17) is 0 Å². The molecule has 0 radical (unpaired) electrons. The molecule has 3 heterocycles. The molecule has 1 atom stereocenters. The number of carbonyl (C=O) groups is 1. The second kappa shape index (κ2) is 5.76. The molecule has 1 aromatic carbocycles. The number of carboxylic acid groups (broad SMARTS) is 1. The number of nitrogens with zero attached hydrogens (tertiary/aromatic N) is 5. The van der Waals surface area contributed by atoms with E-state index in [1.807, 2.05) is 4.90 Å². The van der Waals surface area contributed by atoms with Gasteiger partial charge in [0, 0.05) is 12.1 Å². The van der Waals surface area contributed by atoms with Gasteiger partial charge in [0.25, 0.3) is 0 Å². The molecule has 1 saturated heterocycles. The van der Waals surface area contributed by atoms with Crippen LogP contribution in [0, 0.1) is 11.6 Å². The molecule has 7 nitrogen and oxygen atoms in total. The minimum Gasteiger partial charge on any atom is -0.475 e. The largest absolute Gasteiger partial charge is 0.475 e. The predicted molar refractivity (Wildman–Crippen MR) is 83.4 cm³/mol. The summed E-state index contributed by atoms with van der Waals surface area (Å²) in [6, 6.07) is 3.02. The van der Waals surface area contributed by atoms with Crippen LogP contribution in [0.5, 0.6) is 0 Å². The van der Waals surface area contributed by atoms with E-state index in [2.05, 4.69) is 15.2 Å². The fourth-order valence-corrected chi connectivity index (χ4v) is 3.22. The van der Waals surface area contributed by atoms with Gasteiger partial charge in [-0.1, -0.05) is 0 Å². The van der Waals surface area contributed by atoms with Crippen molar-refractivity contribution in [3.05, 3.63) is 53.6 Å². The van der Waals surface area contributed by atoms with E-state index in [1.165, 1.54) is 22.9 Å². The van der Waals surface area contributed by atoms with Gasteiger partial charge in [-0.15, -0.1) is 10.2 Å². The Morgan fingerprint density at radius 3 is 2.92 bits per heavy atom. The molecular formula is C16H13F2N5O2. The van der Waals surface area contributed by atoms with Crippen LogP contribution in [0.2, 0.25) is 0 Å². The topological polar surface area (TPSA) is 83.6 Å². The lowest BCUT2D eigenvalue weighted by Crippen LogP contribution is -2.25. The summed E-state index contributed by atoms with van der Waals surface area (Å²) in [4.78, 5) is 17.3. The maximum Gasteiger partial charge on any atom is 0.374 e. The highest BCUT2D eigenvalue weighted by molar-refractivity contribution is 5.84. The number of fused-ring (bicyclic) bond motifs is 1. The van der Waals surface area contributed by atoms with Crippen LogP contribution < -0.4 is 4.90 Å². The highest BCUT2D eigenvalue weighted by Crippen LogP contribution is 2.36. The molecule has 0 spiro atoms. The van der Waals surface area contributed by atoms with Gasteiger partial charge in [0.05, 0.1) is 18.4 Å². The number of aromatic carboxylic acids is 1. The van der Waals surface area contributed by atoms with E-state index in [0.29, 0.717) is 24.4 Å². The molecule has 1 fully saturated rings. The van der Waals surface area contributed by atoms with Crippen molar-refractivity contribution < 1.29 is 18.7 Å². The predicted octanol–water partition coefficient (Wildman–Crippen LogP) is 2.44. The Bertz CT molecular complexity index is 974. The first-order chi connectivity index (χ1) is 12.0. The number of carboxylic acids is 1. The van der Waals surface area contributed by atoms with Crippen LogP contribution in [0.25, 0.3) is 5.65 Å². The average Bonchev–Trinajstić information content (AvgIpc) is 3.22. The standard InChI is InChI=1S/C16H13F2N5O2/c17-9-3-4-11(18)10(6-9)12-2-1-5-22(12)14-8-23-13(7-19-14)20-21-15(23)16(24)25/h3-4,6-8,12H,1-2,5H2,(H,24,25). The molecule has 2 aromatic heterocycles. The molecular weight excluding hydrogens is 332 g/mol. The third kappa shape index (κ3) is 2.57. The Balaban J connectivity index is 1.77. The fraction of sp³-hybridized carbons (Fsp3) is 0.250. The number of hydrogen-bond donors (Lipinski definition) is 1. The molecule has 25 heavy (non-hydrogen) atoms. The first kappa shape index (κ1) is 15.4. The van der Waals surface area contributed by atoms with Gasteiger partial charge in [0.2, 0.25) is 5.82 Å². The molecule has 3 aromatic rings. The second-order valence-electron chi connectivity index (χ2n) is 5.82. The zero-order chi connectivity index (χ0) is 17.6. The molecule has 0 aliphatic carbocycles. The molecule has 1 aliphatic heterocycles. The summed E-state index contributed by atoms with van der Waals surface area (Å²) in [6.07, 6.45) is 4.35. The molecule has 1 N–H and O–H groups in total. The summed E-state index contributed by atoms with van der Waals surface area (Å²) in [5.74, 6) is -1.96. The maximum absolute atomic E-state index is 14.2. The highest BCUT2D eigenvalue weighted by Gasteiger charge is 2.30. The molecule has 9 heteroatoms. The van der Waals surface area contributed by atoms with Crippen molar-refractivity contribution >= 4 is 17.4 Å². The number of rotatable bonds is 3. The normalized spacial score (nSPS) is 17.4. The SMILES string of the molecule is O=C(O)c1nnc2cnc(N3CCCC3c3cc(F)ccc3F)cn12. The van der Waals surface area contributed by atoms with E-state index in [1.54, 1.807) is 0 Å². The van der Waals surface area contributed by atoms with Gasteiger partial charge in [-0.3, -0.25) is 4.40 Å². The number of benzene rings is 1. The van der Waals surface area contributed by atoms with Crippen molar-refractivity contribution in [3.63, 3.8) is 0 Å². The Kier molecular flexibility index (Phi) is 3.56. The van der Waals surface area contributed by atoms with Crippen LogP contribution in [0.3, 0.4) is 0 Å². The summed E-state index contributed by atoms with van der Waals surface area (Å²) in [5.41, 5.74) is 0.565. The van der Waals surface area contributed by atoms with Crippen molar-refractivity contribution in [1.29, 1.82) is 0 Å². The minimum absolute atomic E-state index is 0.230. The summed E-state index contributed by atoms with van der Waals surface area (Å²) >= 11 is 0. The average molecular weight is 345 g/mol. The zero-order valence-electron chi connectivity index (χ0n) is 12.9. The minimum atomic E-state index is -1.21. The summed E-state index contributed by atoms with van der Waals surface area (Å²) < 4.78 is 29.0. The summed E-state index contributed by atoms with van der Waals surface area (Å²) in [7, 11) is 0. The van der Waals surface area contributed by atoms with Gasteiger partial charge in [0.15, 0.2) is 5.65 Å². The van der Waals surface area contributed by atoms with Crippen LogP contribution >= 0.6 is 0 Å². The van der Waals surface area contributed by atoms with Gasteiger partial charge in [-0.2, -0.15) is 0 Å². The first-order valence-corrected chi connectivity index (χ1v) is 7.70. The Hall–Kier alpha value is -3.10. The van der Waals surface area contributed by atoms with Crippen LogP contribution in [0.1, 0.15) is 35.1 Å². The third-order valence-electron chi connectivity index (χ3n) is 4.33. The van der Waals surface area contributed by atoms with Crippen molar-refractivity contribution in [3.8, 4) is 0 Å². The van der Waals surface area contributed by atoms with E-state index < -0.39 is 17.6 Å². The van der Waals surface area contributed by atoms with Crippen molar-refractivity contribution in [2.24, 2.45) is 0 Å². The van der Waals surface area contributed by atoms with E-state index in [0.717, 1.165) is 18.6 Å². The highest BCUT2D eigenvalue weighted by atomic mass is 19.1. The van der Waals surface area contributed by atoms with Crippen molar-refractivity contribution in [1.82, 2.24) is 19.6 Å². The third-order valence-corrected chi connectivity index (χ3v) is 4.33. The van der Waals surface area contributed by atoms with Crippen LogP contribution in [-0.2, 0) is 0 Å². The van der Waals surface area contributed by atoms with Gasteiger partial charge < -0.3 is 10.0 Å². The number of aromatic nitrogens is 4. The summed E-state index contributed by atoms with van der Waals surface area (Å²) in [6.45, 7) is 0.601. The molecule has 1 unspecified atom stereocenters. The molecule has 4 rings (SSSR count). The number of hydrogen-bond acceptors (Lipinski definition) is 5. The molecule has 0 amide bonds. The lowest BCUT2D eigenvalue weighted by atomic mass is 10.0. The fourth-order valence-electron chi connectivity index (χ4n) is 3.22. The van der Waals surface area contributed by atoms with E-state index in [-0.39, 0.29) is 17.4 Å². The van der Waals surface area contributed by atoms with Crippen molar-refractivity contribution in [2.45, 2.75) is 18.9 Å². The second-order valence-corrected chi connectivity index (χ2v) is 5.82. The Morgan fingerprint density at radius 2 is 2.12 bits per heavy atom. The quantitative estimate of drug-likeness (QED) is 0.785. The Morgan fingerprint density at radius 1 is 1.28 bits per heavy atom. The summed E-state index contributed by atoms with van der Waals surface area (Å²) in [5, 5.41) is 16.5. The van der Waals surface area contributed by atoms with Gasteiger partial charge in [-0.05, 0) is 31.0 Å². The molecule has 1 aliphatic rings. The molecule has 128 valence electrons. The Labute approximate surface area is 140 Å². The van der Waals surface area contributed by atoms with Gasteiger partial charge in [-0.25, -0.2) is 18.6 Å². The van der Waals surface area contributed by atoms with E-state index in [9.17, 15) is 18.7 Å².